The number of nitrogens with one attached hydrogen (secondary N) is 1. The number of amides is 1. The van der Waals surface area contributed by atoms with E-state index in [0.717, 1.165) is 5.56 Å². The number of aliphatic imine (C=N–C) groups is 1. The number of hydrogen-bond donors (Lipinski definition) is 1. The molecule has 1 aromatic carbocycles. The minimum atomic E-state index is -4.99. The van der Waals surface area contributed by atoms with Gasteiger partial charge in [0.1, 0.15) is 11.5 Å². The number of halogens is 6. The second-order valence-corrected chi connectivity index (χ2v) is 10.5. The standard InChI is InChI=1S/C28H29F6N3O2/c1-18(19-9-10-21(27(29,30)31)14-22(13-19)28(32,33)34)39-16-26(20-7-5-4-6-8-20)12-11-23(15-35-26)37-17-36-25(2,3)24(37)38/h4-8,13-14,17-18,21,23,35H,11-12,15-16H2,1-3H3/t18-,21?,23+,26-/m1/s1. The number of allylic oxidation sites excluding steroid dienone is 3. The van der Waals surface area contributed by atoms with Crippen LogP contribution in [-0.4, -0.2) is 60.3 Å². The first-order valence-electron chi connectivity index (χ1n) is 12.5. The van der Waals surface area contributed by atoms with Gasteiger partial charge < -0.3 is 10.1 Å². The Balaban J connectivity index is 1.53. The number of rotatable bonds is 6. The fourth-order valence-corrected chi connectivity index (χ4v) is 4.82. The van der Waals surface area contributed by atoms with E-state index in [1.54, 1.807) is 25.1 Å². The largest absolute Gasteiger partial charge is 0.416 e. The van der Waals surface area contributed by atoms with Crippen LogP contribution < -0.4 is 5.32 Å². The van der Waals surface area contributed by atoms with Crippen LogP contribution in [0.15, 0.2) is 58.6 Å². The Labute approximate surface area is 223 Å². The lowest BCUT2D eigenvalue weighted by atomic mass is 9.81. The van der Waals surface area contributed by atoms with Crippen LogP contribution in [0.25, 0.3) is 0 Å². The van der Waals surface area contributed by atoms with E-state index < -0.39 is 41.0 Å². The topological polar surface area (TPSA) is 53.9 Å². The predicted octanol–water partition coefficient (Wildman–Crippen LogP) is 5.30. The molecule has 3 aliphatic rings. The molecule has 0 radical (unpaired) electrons. The fraction of sp³-hybridized carbons (Fsp3) is 0.500. The molecule has 0 bridgehead atoms. The Morgan fingerprint density at radius 1 is 1.18 bits per heavy atom. The Bertz CT molecular complexity index is 1230. The van der Waals surface area contributed by atoms with E-state index in [0.29, 0.717) is 25.5 Å². The maximum atomic E-state index is 13.5. The summed E-state index contributed by atoms with van der Waals surface area (Å²) in [6, 6.07) is 9.20. The van der Waals surface area contributed by atoms with Gasteiger partial charge in [0.25, 0.3) is 5.91 Å². The smallest absolute Gasteiger partial charge is 0.371 e. The lowest BCUT2D eigenvalue weighted by molar-refractivity contribution is -0.147. The molecule has 1 amide bonds. The molecule has 5 nitrogen and oxygen atoms in total. The lowest BCUT2D eigenvalue weighted by Crippen LogP contribution is -2.58. The summed E-state index contributed by atoms with van der Waals surface area (Å²) in [4.78, 5) is 18.6. The van der Waals surface area contributed by atoms with Gasteiger partial charge in [0.2, 0.25) is 0 Å². The average molecular weight is 554 g/mol. The van der Waals surface area contributed by atoms with Gasteiger partial charge in [-0.05, 0) is 51.3 Å². The second kappa shape index (κ2) is 10.5. The summed E-state index contributed by atoms with van der Waals surface area (Å²) in [5.41, 5.74) is -2.30. The number of hydrogen-bond acceptors (Lipinski definition) is 4. The third kappa shape index (κ3) is 6.23. The van der Waals surface area contributed by atoms with Crippen molar-refractivity contribution >= 4 is 12.2 Å². The van der Waals surface area contributed by atoms with Gasteiger partial charge >= 0.3 is 12.4 Å². The van der Waals surface area contributed by atoms with Crippen LogP contribution in [0.5, 0.6) is 0 Å². The predicted molar refractivity (Wildman–Crippen MR) is 134 cm³/mol. The quantitative estimate of drug-likeness (QED) is 0.385. The van der Waals surface area contributed by atoms with E-state index in [9.17, 15) is 31.1 Å². The highest BCUT2D eigenvalue weighted by Gasteiger charge is 2.45. The molecular formula is C28H29F6N3O2. The van der Waals surface area contributed by atoms with Crippen molar-refractivity contribution in [3.05, 3.63) is 59.2 Å². The van der Waals surface area contributed by atoms with Crippen LogP contribution in [0.4, 0.5) is 26.3 Å². The van der Waals surface area contributed by atoms with Gasteiger partial charge in [0, 0.05) is 12.1 Å². The Morgan fingerprint density at radius 2 is 1.87 bits per heavy atom. The summed E-state index contributed by atoms with van der Waals surface area (Å²) in [5, 5.41) is 3.48. The molecule has 2 aliphatic heterocycles. The molecule has 210 valence electrons. The molecule has 1 saturated heterocycles. The van der Waals surface area contributed by atoms with Crippen LogP contribution in [0.3, 0.4) is 0 Å². The molecule has 0 aromatic heterocycles. The monoisotopic (exact) mass is 553 g/mol. The van der Waals surface area contributed by atoms with Crippen LogP contribution in [-0.2, 0) is 15.1 Å². The molecule has 4 atom stereocenters. The highest BCUT2D eigenvalue weighted by atomic mass is 19.4. The number of carbonyl (C=O) groups excluding carboxylic acids is 1. The number of carbonyl (C=O) groups is 1. The van der Waals surface area contributed by atoms with Crippen molar-refractivity contribution in [1.82, 2.24) is 10.2 Å². The molecule has 0 spiro atoms. The van der Waals surface area contributed by atoms with E-state index in [1.807, 2.05) is 36.3 Å². The van der Waals surface area contributed by atoms with E-state index in [-0.39, 0.29) is 30.2 Å². The average Bonchev–Trinajstić information content (AvgIpc) is 3.03. The molecule has 39 heavy (non-hydrogen) atoms. The van der Waals surface area contributed by atoms with Gasteiger partial charge in [-0.3, -0.25) is 14.7 Å². The third-order valence-electron chi connectivity index (χ3n) is 7.29. The van der Waals surface area contributed by atoms with E-state index in [1.165, 1.54) is 6.92 Å². The van der Waals surface area contributed by atoms with Crippen LogP contribution in [0, 0.1) is 17.8 Å². The van der Waals surface area contributed by atoms with Crippen LogP contribution >= 0.6 is 0 Å². The van der Waals surface area contributed by atoms with Gasteiger partial charge in [-0.1, -0.05) is 42.2 Å². The van der Waals surface area contributed by atoms with Crippen molar-refractivity contribution in [3.63, 3.8) is 0 Å². The molecule has 1 N–H and O–H groups in total. The van der Waals surface area contributed by atoms with Crippen molar-refractivity contribution in [2.45, 2.75) is 69.2 Å². The van der Waals surface area contributed by atoms with E-state index in [4.69, 9.17) is 4.74 Å². The van der Waals surface area contributed by atoms with Crippen LogP contribution in [0.1, 0.15) is 39.2 Å². The highest BCUT2D eigenvalue weighted by Crippen LogP contribution is 2.37. The molecule has 1 unspecified atom stereocenters. The fourth-order valence-electron chi connectivity index (χ4n) is 4.82. The lowest BCUT2D eigenvalue weighted by Gasteiger charge is -2.44. The zero-order chi connectivity index (χ0) is 28.6. The minimum Gasteiger partial charge on any atom is -0.371 e. The zero-order valence-electron chi connectivity index (χ0n) is 21.7. The molecule has 2 heterocycles. The minimum absolute atomic E-state index is 0.0191. The van der Waals surface area contributed by atoms with E-state index >= 15 is 0 Å². The molecule has 1 fully saturated rings. The van der Waals surface area contributed by atoms with E-state index in [2.05, 4.69) is 16.2 Å². The summed E-state index contributed by atoms with van der Waals surface area (Å²) < 4.78 is 86.2. The van der Waals surface area contributed by atoms with Gasteiger partial charge in [0.05, 0.1) is 36.2 Å². The molecule has 11 heteroatoms. The summed E-state index contributed by atoms with van der Waals surface area (Å²) in [6.45, 7) is 5.39. The first-order chi connectivity index (χ1) is 18.1. The number of ether oxygens (including phenoxy) is 1. The van der Waals surface area contributed by atoms with Gasteiger partial charge in [0.15, 0.2) is 0 Å². The SMILES string of the molecule is C[C@@H](OC[C@@]1(c2ccccc2)CC[C@H](N2C=NC(C)(C)C2=O)CN1)C1=CC(C(F)(F)F)=CC(C(F)(F)F)C#C1. The maximum absolute atomic E-state index is 13.5. The maximum Gasteiger partial charge on any atom is 0.416 e. The van der Waals surface area contributed by atoms with Crippen molar-refractivity contribution in [2.75, 3.05) is 13.2 Å². The number of benzene rings is 1. The first-order valence-corrected chi connectivity index (χ1v) is 12.5. The zero-order valence-corrected chi connectivity index (χ0v) is 21.7. The normalized spacial score (nSPS) is 27.8. The highest BCUT2D eigenvalue weighted by molar-refractivity contribution is 5.99. The summed E-state index contributed by atoms with van der Waals surface area (Å²) in [7, 11) is 0. The molecule has 0 saturated carbocycles. The van der Waals surface area contributed by atoms with Crippen molar-refractivity contribution in [1.29, 1.82) is 0 Å². The summed E-state index contributed by atoms with van der Waals surface area (Å²) in [5.74, 6) is 1.55. The Morgan fingerprint density at radius 3 is 2.41 bits per heavy atom. The summed E-state index contributed by atoms with van der Waals surface area (Å²) >= 11 is 0. The number of nitrogens with zero attached hydrogens (tertiary/aromatic N) is 2. The van der Waals surface area contributed by atoms with Gasteiger partial charge in [-0.2, -0.15) is 26.3 Å². The first kappa shape index (κ1) is 28.9. The van der Waals surface area contributed by atoms with Crippen molar-refractivity contribution in [2.24, 2.45) is 10.9 Å². The number of alkyl halides is 6. The van der Waals surface area contributed by atoms with Crippen LogP contribution in [0.2, 0.25) is 0 Å². The Hall–Kier alpha value is -3.10. The molecule has 1 aromatic rings. The summed E-state index contributed by atoms with van der Waals surface area (Å²) in [6.07, 6.45) is -7.52. The molecule has 4 rings (SSSR count). The second-order valence-electron chi connectivity index (χ2n) is 10.5. The van der Waals surface area contributed by atoms with Crippen molar-refractivity contribution < 1.29 is 35.9 Å². The Kier molecular flexibility index (Phi) is 7.76. The molecule has 1 aliphatic carbocycles. The van der Waals surface area contributed by atoms with Gasteiger partial charge in [-0.15, -0.1) is 0 Å². The molecular weight excluding hydrogens is 524 g/mol. The van der Waals surface area contributed by atoms with Crippen molar-refractivity contribution in [3.8, 4) is 11.8 Å². The van der Waals surface area contributed by atoms with Gasteiger partial charge in [-0.25, -0.2) is 0 Å². The number of piperidine rings is 1. The third-order valence-corrected chi connectivity index (χ3v) is 7.29.